The smallest absolute Gasteiger partial charge is 0.358 e. The van der Waals surface area contributed by atoms with E-state index in [1.54, 1.807) is 17.3 Å². The number of aryl methyl sites for hydroxylation is 1. The molecule has 2 aromatic carbocycles. The van der Waals surface area contributed by atoms with Gasteiger partial charge in [-0.3, -0.25) is 4.79 Å². The maximum Gasteiger partial charge on any atom is 0.358 e. The van der Waals surface area contributed by atoms with Crippen LogP contribution in [0, 0.1) is 6.92 Å². The number of aromatic nitrogens is 1. The van der Waals surface area contributed by atoms with Crippen molar-refractivity contribution in [2.24, 2.45) is 0 Å². The van der Waals surface area contributed by atoms with Crippen molar-refractivity contribution in [1.29, 1.82) is 0 Å². The number of ether oxygens (including phenoxy) is 1. The predicted molar refractivity (Wildman–Crippen MR) is 105 cm³/mol. The van der Waals surface area contributed by atoms with E-state index in [1.165, 1.54) is 11.3 Å². The van der Waals surface area contributed by atoms with E-state index in [-0.39, 0.29) is 18.2 Å². The van der Waals surface area contributed by atoms with Gasteiger partial charge in [0.1, 0.15) is 5.01 Å². The molecule has 1 heterocycles. The van der Waals surface area contributed by atoms with Crippen LogP contribution in [0.15, 0.2) is 60.0 Å². The molecule has 27 heavy (non-hydrogen) atoms. The lowest BCUT2D eigenvalue weighted by Gasteiger charge is -2.18. The van der Waals surface area contributed by atoms with E-state index in [1.807, 2.05) is 61.5 Å². The zero-order valence-corrected chi connectivity index (χ0v) is 16.0. The van der Waals surface area contributed by atoms with E-state index in [4.69, 9.17) is 4.74 Å². The second kappa shape index (κ2) is 8.60. The van der Waals surface area contributed by atoms with E-state index in [0.29, 0.717) is 6.54 Å². The lowest BCUT2D eigenvalue weighted by molar-refractivity contribution is -0.133. The van der Waals surface area contributed by atoms with Crippen LogP contribution in [0.2, 0.25) is 0 Å². The van der Waals surface area contributed by atoms with Crippen molar-refractivity contribution in [1.82, 2.24) is 9.88 Å². The number of hydrogen-bond donors (Lipinski definition) is 0. The fourth-order valence-corrected chi connectivity index (χ4v) is 3.32. The van der Waals surface area contributed by atoms with E-state index in [0.717, 1.165) is 21.7 Å². The summed E-state index contributed by atoms with van der Waals surface area (Å²) in [6, 6.07) is 17.5. The molecule has 0 aliphatic heterocycles. The summed E-state index contributed by atoms with van der Waals surface area (Å²) in [5, 5.41) is 2.39. The number of carbonyl (C=O) groups is 2. The van der Waals surface area contributed by atoms with Gasteiger partial charge in [-0.1, -0.05) is 54.6 Å². The predicted octanol–water partition coefficient (Wildman–Crippen LogP) is 3.93. The first kappa shape index (κ1) is 18.8. The number of rotatable bonds is 6. The third-order valence-electron chi connectivity index (χ3n) is 4.16. The summed E-state index contributed by atoms with van der Waals surface area (Å²) in [6.07, 6.45) is 0. The quantitative estimate of drug-likeness (QED) is 0.608. The Bertz CT molecular complexity index is 937. The highest BCUT2D eigenvalue weighted by Crippen LogP contribution is 2.23. The third kappa shape index (κ3) is 4.80. The molecule has 138 valence electrons. The van der Waals surface area contributed by atoms with Gasteiger partial charge >= 0.3 is 5.97 Å². The van der Waals surface area contributed by atoms with Gasteiger partial charge in [0.25, 0.3) is 5.91 Å². The SMILES string of the molecule is Cc1ccccc1CN(C)C(=O)COC(=O)c1csc(-c2ccccc2)n1. The second-order valence-corrected chi connectivity index (χ2v) is 7.01. The minimum absolute atomic E-state index is 0.216. The highest BCUT2D eigenvalue weighted by Gasteiger charge is 2.17. The van der Waals surface area contributed by atoms with Gasteiger partial charge in [0, 0.05) is 24.5 Å². The molecule has 0 bridgehead atoms. The monoisotopic (exact) mass is 380 g/mol. The maximum atomic E-state index is 12.3. The van der Waals surface area contributed by atoms with Gasteiger partial charge < -0.3 is 9.64 Å². The molecular formula is C21H20N2O3S. The largest absolute Gasteiger partial charge is 0.451 e. The van der Waals surface area contributed by atoms with E-state index in [2.05, 4.69) is 4.98 Å². The van der Waals surface area contributed by atoms with Crippen LogP contribution in [0.1, 0.15) is 21.6 Å². The molecule has 0 saturated heterocycles. The molecule has 0 unspecified atom stereocenters. The number of carbonyl (C=O) groups excluding carboxylic acids is 2. The Morgan fingerprint density at radius 3 is 2.52 bits per heavy atom. The minimum Gasteiger partial charge on any atom is -0.451 e. The molecule has 1 amide bonds. The number of esters is 1. The summed E-state index contributed by atoms with van der Waals surface area (Å²) < 4.78 is 5.14. The molecule has 0 spiro atoms. The summed E-state index contributed by atoms with van der Waals surface area (Å²) >= 11 is 1.37. The average molecular weight is 380 g/mol. The van der Waals surface area contributed by atoms with E-state index in [9.17, 15) is 9.59 Å². The second-order valence-electron chi connectivity index (χ2n) is 6.16. The Hall–Kier alpha value is -2.99. The Morgan fingerprint density at radius 1 is 1.07 bits per heavy atom. The summed E-state index contributed by atoms with van der Waals surface area (Å²) in [5.41, 5.74) is 3.33. The Morgan fingerprint density at radius 2 is 1.78 bits per heavy atom. The van der Waals surface area contributed by atoms with Gasteiger partial charge in [-0.25, -0.2) is 9.78 Å². The fraction of sp³-hybridized carbons (Fsp3) is 0.190. The average Bonchev–Trinajstić information content (AvgIpc) is 3.18. The number of nitrogens with zero attached hydrogens (tertiary/aromatic N) is 2. The molecule has 1 aromatic heterocycles. The maximum absolute atomic E-state index is 12.3. The van der Waals surface area contributed by atoms with Gasteiger partial charge in [0.2, 0.25) is 0 Å². The lowest BCUT2D eigenvalue weighted by Crippen LogP contribution is -2.31. The van der Waals surface area contributed by atoms with Crippen molar-refractivity contribution in [3.05, 3.63) is 76.8 Å². The van der Waals surface area contributed by atoms with Gasteiger partial charge in [0.05, 0.1) is 0 Å². The first-order valence-corrected chi connectivity index (χ1v) is 9.39. The standard InChI is InChI=1S/C21H20N2O3S/c1-15-8-6-7-11-17(15)12-23(2)19(24)13-26-21(25)18-14-27-20(22-18)16-9-4-3-5-10-16/h3-11,14H,12-13H2,1-2H3. The molecular weight excluding hydrogens is 360 g/mol. The molecule has 0 atom stereocenters. The lowest BCUT2D eigenvalue weighted by atomic mass is 10.1. The van der Waals surface area contributed by atoms with Crippen LogP contribution in [0.25, 0.3) is 10.6 Å². The highest BCUT2D eigenvalue weighted by molar-refractivity contribution is 7.13. The number of likely N-dealkylation sites (N-methyl/N-ethyl adjacent to an activating group) is 1. The summed E-state index contributed by atoms with van der Waals surface area (Å²) in [4.78, 5) is 30.3. The molecule has 6 heteroatoms. The van der Waals surface area contributed by atoms with Crippen LogP contribution in [0.3, 0.4) is 0 Å². The van der Waals surface area contributed by atoms with Crippen molar-refractivity contribution in [3.63, 3.8) is 0 Å². The number of thiazole rings is 1. The van der Waals surface area contributed by atoms with Gasteiger partial charge in [-0.05, 0) is 18.1 Å². The first-order valence-electron chi connectivity index (χ1n) is 8.51. The summed E-state index contributed by atoms with van der Waals surface area (Å²) in [7, 11) is 1.69. The number of benzene rings is 2. The topological polar surface area (TPSA) is 59.5 Å². The molecule has 0 fully saturated rings. The van der Waals surface area contributed by atoms with Crippen LogP contribution >= 0.6 is 11.3 Å². The normalized spacial score (nSPS) is 10.4. The Balaban J connectivity index is 1.55. The summed E-state index contributed by atoms with van der Waals surface area (Å²) in [6.45, 7) is 2.16. The molecule has 0 aliphatic rings. The third-order valence-corrected chi connectivity index (χ3v) is 5.05. The van der Waals surface area contributed by atoms with Crippen LogP contribution in [0.4, 0.5) is 0 Å². The molecule has 0 aliphatic carbocycles. The van der Waals surface area contributed by atoms with Crippen molar-refractivity contribution < 1.29 is 14.3 Å². The van der Waals surface area contributed by atoms with Crippen LogP contribution in [-0.4, -0.2) is 35.4 Å². The van der Waals surface area contributed by atoms with E-state index < -0.39 is 5.97 Å². The summed E-state index contributed by atoms with van der Waals surface area (Å²) in [5.74, 6) is -0.851. The molecule has 0 N–H and O–H groups in total. The van der Waals surface area contributed by atoms with Crippen LogP contribution < -0.4 is 0 Å². The molecule has 5 nitrogen and oxygen atoms in total. The van der Waals surface area contributed by atoms with E-state index >= 15 is 0 Å². The van der Waals surface area contributed by atoms with Crippen molar-refractivity contribution in [2.75, 3.05) is 13.7 Å². The zero-order valence-electron chi connectivity index (χ0n) is 15.2. The zero-order chi connectivity index (χ0) is 19.2. The Labute approximate surface area is 162 Å². The number of hydrogen-bond acceptors (Lipinski definition) is 5. The van der Waals surface area contributed by atoms with Crippen molar-refractivity contribution >= 4 is 23.2 Å². The highest BCUT2D eigenvalue weighted by atomic mass is 32.1. The minimum atomic E-state index is -0.592. The Kier molecular flexibility index (Phi) is 5.98. The number of amides is 1. The molecule has 3 aromatic rings. The fourth-order valence-electron chi connectivity index (χ4n) is 2.52. The van der Waals surface area contributed by atoms with Crippen molar-refractivity contribution in [3.8, 4) is 10.6 Å². The first-order chi connectivity index (χ1) is 13.0. The van der Waals surface area contributed by atoms with Crippen LogP contribution in [-0.2, 0) is 16.1 Å². The van der Waals surface area contributed by atoms with Gasteiger partial charge in [-0.2, -0.15) is 0 Å². The molecule has 3 rings (SSSR count). The van der Waals surface area contributed by atoms with Gasteiger partial charge in [0.15, 0.2) is 12.3 Å². The van der Waals surface area contributed by atoms with Crippen molar-refractivity contribution in [2.45, 2.75) is 13.5 Å². The van der Waals surface area contributed by atoms with Gasteiger partial charge in [-0.15, -0.1) is 11.3 Å². The molecule has 0 radical (unpaired) electrons. The molecule has 0 saturated carbocycles. The van der Waals surface area contributed by atoms with Crippen LogP contribution in [0.5, 0.6) is 0 Å².